The number of rotatable bonds is 7. The first-order valence-electron chi connectivity index (χ1n) is 15.0. The SMILES string of the molecule is C=CC(=O)N1CCC2CN(C(C)=O)CCN2c2ncc(-c3ccc(OC)c(Nc4ncc(C(=O)Nc5c(C)cccc5Cl)s4)n3)cc21. The smallest absolute Gasteiger partial charge is 0.267 e. The van der Waals surface area contributed by atoms with E-state index in [9.17, 15) is 14.4 Å². The Bertz CT molecular complexity index is 1860. The Morgan fingerprint density at radius 2 is 1.96 bits per heavy atom. The lowest BCUT2D eigenvalue weighted by Gasteiger charge is -2.41. The van der Waals surface area contributed by atoms with Crippen molar-refractivity contribution in [2.75, 3.05) is 53.7 Å². The van der Waals surface area contributed by atoms with Crippen LogP contribution in [0.25, 0.3) is 11.3 Å². The predicted molar refractivity (Wildman–Crippen MR) is 184 cm³/mol. The third kappa shape index (κ3) is 6.49. The van der Waals surface area contributed by atoms with Gasteiger partial charge >= 0.3 is 0 Å². The highest BCUT2D eigenvalue weighted by Gasteiger charge is 2.35. The molecule has 4 aromatic rings. The number of pyridine rings is 2. The zero-order chi connectivity index (χ0) is 33.2. The predicted octanol–water partition coefficient (Wildman–Crippen LogP) is 5.53. The van der Waals surface area contributed by atoms with E-state index in [2.05, 4.69) is 27.1 Å². The quantitative estimate of drug-likeness (QED) is 0.243. The number of amides is 3. The highest BCUT2D eigenvalue weighted by molar-refractivity contribution is 7.17. The van der Waals surface area contributed by atoms with Crippen LogP contribution in [-0.4, -0.2) is 76.9 Å². The molecule has 14 heteroatoms. The number of carbonyl (C=O) groups is 3. The summed E-state index contributed by atoms with van der Waals surface area (Å²) in [7, 11) is 1.54. The van der Waals surface area contributed by atoms with Crippen molar-refractivity contribution in [3.8, 4) is 17.0 Å². The highest BCUT2D eigenvalue weighted by atomic mass is 35.5. The fourth-order valence-corrected chi connectivity index (χ4v) is 6.76. The summed E-state index contributed by atoms with van der Waals surface area (Å²) in [5, 5.41) is 6.93. The van der Waals surface area contributed by atoms with Crippen molar-refractivity contribution >= 4 is 68.8 Å². The van der Waals surface area contributed by atoms with Crippen molar-refractivity contribution < 1.29 is 19.1 Å². The minimum absolute atomic E-state index is 0.0289. The molecule has 242 valence electrons. The lowest BCUT2D eigenvalue weighted by atomic mass is 10.1. The fourth-order valence-electron chi connectivity index (χ4n) is 5.78. The average molecular weight is 673 g/mol. The Labute approximate surface area is 281 Å². The largest absolute Gasteiger partial charge is 0.493 e. The molecule has 2 aliphatic rings. The summed E-state index contributed by atoms with van der Waals surface area (Å²) in [5.41, 5.74) is 3.32. The van der Waals surface area contributed by atoms with E-state index in [4.69, 9.17) is 26.3 Å². The van der Waals surface area contributed by atoms with Crippen molar-refractivity contribution in [3.05, 3.63) is 76.9 Å². The fraction of sp³-hybridized carbons (Fsp3) is 0.273. The van der Waals surface area contributed by atoms with Crippen LogP contribution < -0.4 is 25.2 Å². The topological polar surface area (TPSA) is 133 Å². The number of hydrogen-bond donors (Lipinski definition) is 2. The second-order valence-electron chi connectivity index (χ2n) is 11.1. The lowest BCUT2D eigenvalue weighted by Crippen LogP contribution is -2.54. The molecule has 0 bridgehead atoms. The zero-order valence-corrected chi connectivity index (χ0v) is 27.7. The van der Waals surface area contributed by atoms with Crippen LogP contribution in [-0.2, 0) is 9.59 Å². The van der Waals surface area contributed by atoms with Crippen LogP contribution in [0.2, 0.25) is 5.02 Å². The van der Waals surface area contributed by atoms with E-state index in [1.807, 2.05) is 36.1 Å². The van der Waals surface area contributed by atoms with Gasteiger partial charge in [0.25, 0.3) is 5.91 Å². The van der Waals surface area contributed by atoms with Gasteiger partial charge in [0.15, 0.2) is 22.5 Å². The Balaban J connectivity index is 1.28. The number of para-hydroxylation sites is 1. The average Bonchev–Trinajstić information content (AvgIpc) is 3.48. The first-order valence-corrected chi connectivity index (χ1v) is 16.2. The molecule has 1 fully saturated rings. The molecule has 5 heterocycles. The van der Waals surface area contributed by atoms with Gasteiger partial charge in [-0.15, -0.1) is 0 Å². The monoisotopic (exact) mass is 672 g/mol. The van der Waals surface area contributed by atoms with E-state index >= 15 is 0 Å². The molecule has 1 unspecified atom stereocenters. The van der Waals surface area contributed by atoms with Gasteiger partial charge in [0, 0.05) is 50.9 Å². The number of aromatic nitrogens is 3. The molecule has 0 radical (unpaired) electrons. The third-order valence-corrected chi connectivity index (χ3v) is 9.48. The summed E-state index contributed by atoms with van der Waals surface area (Å²) >= 11 is 7.45. The minimum Gasteiger partial charge on any atom is -0.493 e. The Morgan fingerprint density at radius 3 is 2.70 bits per heavy atom. The van der Waals surface area contributed by atoms with Gasteiger partial charge < -0.3 is 30.1 Å². The first kappa shape index (κ1) is 32.0. The second kappa shape index (κ2) is 13.4. The second-order valence-corrected chi connectivity index (χ2v) is 12.6. The van der Waals surface area contributed by atoms with Crippen molar-refractivity contribution in [1.29, 1.82) is 0 Å². The third-order valence-electron chi connectivity index (χ3n) is 8.25. The number of ether oxygens (including phenoxy) is 1. The zero-order valence-electron chi connectivity index (χ0n) is 26.1. The number of anilines is 5. The van der Waals surface area contributed by atoms with Crippen LogP contribution >= 0.6 is 22.9 Å². The molecule has 0 aliphatic carbocycles. The molecular weight excluding hydrogens is 640 g/mol. The summed E-state index contributed by atoms with van der Waals surface area (Å²) in [6.45, 7) is 9.38. The molecule has 0 saturated carbocycles. The van der Waals surface area contributed by atoms with Gasteiger partial charge in [0.1, 0.15) is 4.88 Å². The van der Waals surface area contributed by atoms with E-state index < -0.39 is 0 Å². The van der Waals surface area contributed by atoms with E-state index in [1.165, 1.54) is 12.3 Å². The molecule has 3 aromatic heterocycles. The molecule has 2 N–H and O–H groups in total. The summed E-state index contributed by atoms with van der Waals surface area (Å²) in [5.74, 6) is 1.02. The Morgan fingerprint density at radius 1 is 1.13 bits per heavy atom. The van der Waals surface area contributed by atoms with E-state index in [0.29, 0.717) is 87.6 Å². The van der Waals surface area contributed by atoms with Crippen molar-refractivity contribution in [1.82, 2.24) is 19.9 Å². The maximum absolute atomic E-state index is 13.0. The summed E-state index contributed by atoms with van der Waals surface area (Å²) in [4.78, 5) is 58.3. The van der Waals surface area contributed by atoms with Crippen LogP contribution in [0.3, 0.4) is 0 Å². The molecule has 1 atom stereocenters. The van der Waals surface area contributed by atoms with Gasteiger partial charge in [0.2, 0.25) is 11.8 Å². The van der Waals surface area contributed by atoms with Gasteiger partial charge in [-0.05, 0) is 49.2 Å². The molecule has 0 spiro atoms. The number of halogens is 1. The number of thiazole rings is 1. The van der Waals surface area contributed by atoms with Crippen LogP contribution in [0.15, 0.2) is 61.4 Å². The number of methoxy groups -OCH3 is 1. The van der Waals surface area contributed by atoms with E-state index in [0.717, 1.165) is 16.9 Å². The number of piperazine rings is 1. The number of benzene rings is 1. The van der Waals surface area contributed by atoms with Gasteiger partial charge in [-0.3, -0.25) is 14.4 Å². The van der Waals surface area contributed by atoms with Crippen LogP contribution in [0, 0.1) is 6.92 Å². The number of hydrogen-bond acceptors (Lipinski definition) is 10. The minimum atomic E-state index is -0.333. The van der Waals surface area contributed by atoms with Crippen molar-refractivity contribution in [2.24, 2.45) is 0 Å². The summed E-state index contributed by atoms with van der Waals surface area (Å²) in [6, 6.07) is 10.9. The van der Waals surface area contributed by atoms with Gasteiger partial charge in [-0.25, -0.2) is 15.0 Å². The van der Waals surface area contributed by atoms with Gasteiger partial charge in [-0.1, -0.05) is 41.6 Å². The van der Waals surface area contributed by atoms with Crippen molar-refractivity contribution in [2.45, 2.75) is 26.3 Å². The first-order chi connectivity index (χ1) is 22.7. The van der Waals surface area contributed by atoms with Gasteiger partial charge in [-0.2, -0.15) is 0 Å². The molecule has 3 amide bonds. The number of carbonyl (C=O) groups excluding carboxylic acids is 3. The lowest BCUT2D eigenvalue weighted by molar-refractivity contribution is -0.129. The molecule has 2 aliphatic heterocycles. The van der Waals surface area contributed by atoms with Crippen molar-refractivity contribution in [3.63, 3.8) is 0 Å². The maximum atomic E-state index is 13.0. The number of nitrogens with zero attached hydrogens (tertiary/aromatic N) is 6. The molecular formula is C33H33ClN8O4S. The summed E-state index contributed by atoms with van der Waals surface area (Å²) in [6.07, 6.45) is 5.19. The molecule has 6 rings (SSSR count). The number of fused-ring (bicyclic) bond motifs is 3. The highest BCUT2D eigenvalue weighted by Crippen LogP contribution is 2.38. The normalized spacial score (nSPS) is 15.7. The van der Waals surface area contributed by atoms with E-state index in [-0.39, 0.29) is 23.8 Å². The number of nitrogens with one attached hydrogen (secondary N) is 2. The standard InChI is InChI=1S/C33H33ClN8O4S/c1-5-28(44)42-12-11-22-18-40(20(3)43)13-14-41(22)31-25(42)15-21(16-35-31)24-9-10-26(46-4)30(37-24)39-33-36-17-27(47-33)32(45)38-29-19(2)7-6-8-23(29)34/h5-10,15-17,22H,1,11-14,18H2,2-4H3,(H,38,45)(H,36,37,39). The number of aryl methyl sites for hydroxylation is 1. The molecule has 1 aromatic carbocycles. The van der Waals surface area contributed by atoms with Gasteiger partial charge in [0.05, 0.1) is 35.4 Å². The summed E-state index contributed by atoms with van der Waals surface area (Å²) < 4.78 is 5.57. The van der Waals surface area contributed by atoms with Crippen LogP contribution in [0.5, 0.6) is 5.75 Å². The molecule has 1 saturated heterocycles. The van der Waals surface area contributed by atoms with E-state index in [1.54, 1.807) is 37.3 Å². The Kier molecular flexibility index (Phi) is 9.10. The molecule has 47 heavy (non-hydrogen) atoms. The molecule has 12 nitrogen and oxygen atoms in total. The van der Waals surface area contributed by atoms with Crippen LogP contribution in [0.4, 0.5) is 28.1 Å². The van der Waals surface area contributed by atoms with Crippen LogP contribution in [0.1, 0.15) is 28.6 Å². The Hall–Kier alpha value is -5.01. The maximum Gasteiger partial charge on any atom is 0.267 e.